The Kier molecular flexibility index (Phi) is 3.98. The molecule has 0 atom stereocenters. The van der Waals surface area contributed by atoms with Gasteiger partial charge in [0.2, 0.25) is 0 Å². The summed E-state index contributed by atoms with van der Waals surface area (Å²) in [5.41, 5.74) is 2.92. The largest absolute Gasteiger partial charge is 0.486 e. The lowest BCUT2D eigenvalue weighted by atomic mass is 10.1. The number of aromatic nitrogens is 1. The predicted octanol–water partition coefficient (Wildman–Crippen LogP) is 3.42. The summed E-state index contributed by atoms with van der Waals surface area (Å²) >= 11 is 0. The Labute approximate surface area is 134 Å². The third-order valence-electron chi connectivity index (χ3n) is 3.83. The van der Waals surface area contributed by atoms with Crippen LogP contribution in [0.15, 0.2) is 30.3 Å². The number of aryl methyl sites for hydroxylation is 1. The van der Waals surface area contributed by atoms with Gasteiger partial charge in [0.05, 0.1) is 17.3 Å². The number of aromatic carboxylic acids is 1. The molecule has 1 aromatic heterocycles. The maximum atomic E-state index is 11.5. The Hall–Kier alpha value is -2.87. The summed E-state index contributed by atoms with van der Waals surface area (Å²) in [4.78, 5) is 16.0. The van der Waals surface area contributed by atoms with Crippen LogP contribution in [0.2, 0.25) is 0 Å². The fraction of sp³-hybridized carbons (Fsp3) is 0.278. The maximum absolute atomic E-state index is 11.5. The van der Waals surface area contributed by atoms with Crippen molar-refractivity contribution in [3.63, 3.8) is 0 Å². The van der Waals surface area contributed by atoms with Crippen molar-refractivity contribution in [3.05, 3.63) is 58.4 Å². The lowest BCUT2D eigenvalue weighted by Crippen LogP contribution is -2.08. The van der Waals surface area contributed by atoms with Crippen molar-refractivity contribution in [2.75, 3.05) is 0 Å². The number of carboxylic acid groups (broad SMARTS) is 1. The molecule has 0 spiro atoms. The van der Waals surface area contributed by atoms with E-state index in [1.807, 2.05) is 6.07 Å². The van der Waals surface area contributed by atoms with Crippen molar-refractivity contribution in [2.45, 2.75) is 32.3 Å². The van der Waals surface area contributed by atoms with Gasteiger partial charge >= 0.3 is 5.97 Å². The van der Waals surface area contributed by atoms with Gasteiger partial charge in [-0.15, -0.1) is 0 Å². The Bertz CT molecular complexity index is 804. The van der Waals surface area contributed by atoms with Crippen molar-refractivity contribution in [3.8, 4) is 11.8 Å². The van der Waals surface area contributed by atoms with E-state index in [0.717, 1.165) is 24.1 Å². The van der Waals surface area contributed by atoms with Gasteiger partial charge in [0, 0.05) is 11.6 Å². The van der Waals surface area contributed by atoms with E-state index in [0.29, 0.717) is 22.9 Å². The van der Waals surface area contributed by atoms with E-state index in [2.05, 4.69) is 11.1 Å². The number of hydrogen-bond acceptors (Lipinski definition) is 4. The first-order valence-corrected chi connectivity index (χ1v) is 7.45. The number of rotatable bonds is 5. The second-order valence-corrected chi connectivity index (χ2v) is 5.69. The van der Waals surface area contributed by atoms with E-state index in [-0.39, 0.29) is 12.2 Å². The first-order valence-electron chi connectivity index (χ1n) is 7.45. The fourth-order valence-corrected chi connectivity index (χ4v) is 2.50. The second kappa shape index (κ2) is 6.09. The van der Waals surface area contributed by atoms with E-state index >= 15 is 0 Å². The number of ether oxygens (including phenoxy) is 1. The van der Waals surface area contributed by atoms with E-state index < -0.39 is 5.97 Å². The van der Waals surface area contributed by atoms with Gasteiger partial charge < -0.3 is 9.84 Å². The van der Waals surface area contributed by atoms with Crippen LogP contribution in [0.5, 0.6) is 5.75 Å². The molecule has 3 rings (SSSR count). The molecule has 0 amide bonds. The molecule has 1 aliphatic carbocycles. The Morgan fingerprint density at radius 2 is 2.22 bits per heavy atom. The maximum Gasteiger partial charge on any atom is 0.339 e. The Morgan fingerprint density at radius 3 is 2.87 bits per heavy atom. The minimum absolute atomic E-state index is 0.149. The van der Waals surface area contributed by atoms with Crippen LogP contribution in [0, 0.1) is 18.3 Å². The number of nitrogens with zero attached hydrogens (tertiary/aromatic N) is 2. The SMILES string of the molecule is Cc1nc(C2CC2)cc(C(=O)O)c1OCc1cccc(C#N)c1. The molecule has 0 bridgehead atoms. The standard InChI is InChI=1S/C18H16N2O3/c1-11-17(23-10-13-4-2-3-12(7-13)9-19)15(18(21)22)8-16(20-11)14-5-6-14/h2-4,7-8,14H,5-6,10H2,1H3,(H,21,22). The van der Waals surface area contributed by atoms with E-state index in [4.69, 9.17) is 10.00 Å². The molecule has 0 unspecified atom stereocenters. The molecule has 1 fully saturated rings. The summed E-state index contributed by atoms with van der Waals surface area (Å²) < 4.78 is 5.72. The van der Waals surface area contributed by atoms with Gasteiger partial charge in [0.25, 0.3) is 0 Å². The molecule has 2 aromatic rings. The van der Waals surface area contributed by atoms with Crippen molar-refractivity contribution in [1.82, 2.24) is 4.98 Å². The van der Waals surface area contributed by atoms with E-state index in [9.17, 15) is 9.90 Å². The minimum Gasteiger partial charge on any atom is -0.486 e. The molecule has 5 heteroatoms. The number of pyridine rings is 1. The van der Waals surface area contributed by atoms with Gasteiger partial charge in [-0.3, -0.25) is 4.98 Å². The summed E-state index contributed by atoms with van der Waals surface area (Å²) in [5.74, 6) is -0.337. The minimum atomic E-state index is -1.02. The average Bonchev–Trinajstić information content (AvgIpc) is 3.38. The molecule has 0 saturated heterocycles. The van der Waals surface area contributed by atoms with Gasteiger partial charge in [-0.05, 0) is 43.5 Å². The third kappa shape index (κ3) is 3.32. The van der Waals surface area contributed by atoms with Gasteiger partial charge in [-0.1, -0.05) is 12.1 Å². The number of benzene rings is 1. The number of hydrogen-bond donors (Lipinski definition) is 1. The lowest BCUT2D eigenvalue weighted by Gasteiger charge is -2.13. The highest BCUT2D eigenvalue weighted by Crippen LogP contribution is 2.40. The van der Waals surface area contributed by atoms with Crippen molar-refractivity contribution in [1.29, 1.82) is 5.26 Å². The summed E-state index contributed by atoms with van der Waals surface area (Å²) in [6.45, 7) is 1.96. The first kappa shape index (κ1) is 15.0. The quantitative estimate of drug-likeness (QED) is 0.915. The zero-order valence-corrected chi connectivity index (χ0v) is 12.7. The number of carboxylic acids is 1. The molecule has 0 radical (unpaired) electrons. The van der Waals surface area contributed by atoms with Crippen LogP contribution in [0.4, 0.5) is 0 Å². The van der Waals surface area contributed by atoms with Crippen molar-refractivity contribution >= 4 is 5.97 Å². The molecule has 116 valence electrons. The molecule has 1 aliphatic rings. The van der Waals surface area contributed by atoms with Crippen LogP contribution in [0.3, 0.4) is 0 Å². The van der Waals surface area contributed by atoms with Crippen LogP contribution in [0.1, 0.15) is 51.6 Å². The second-order valence-electron chi connectivity index (χ2n) is 5.69. The smallest absolute Gasteiger partial charge is 0.339 e. The normalized spacial score (nSPS) is 13.4. The van der Waals surface area contributed by atoms with E-state index in [1.54, 1.807) is 31.2 Å². The van der Waals surface area contributed by atoms with Crippen LogP contribution < -0.4 is 4.74 Å². The molecule has 23 heavy (non-hydrogen) atoms. The van der Waals surface area contributed by atoms with Crippen LogP contribution in [-0.4, -0.2) is 16.1 Å². The molecule has 0 aliphatic heterocycles. The molecular weight excluding hydrogens is 292 g/mol. The number of carbonyl (C=O) groups is 1. The Morgan fingerprint density at radius 1 is 1.43 bits per heavy atom. The van der Waals surface area contributed by atoms with Crippen LogP contribution >= 0.6 is 0 Å². The number of nitriles is 1. The topological polar surface area (TPSA) is 83.2 Å². The molecule has 5 nitrogen and oxygen atoms in total. The van der Waals surface area contributed by atoms with Gasteiger partial charge in [0.1, 0.15) is 12.2 Å². The average molecular weight is 308 g/mol. The zero-order chi connectivity index (χ0) is 16.4. The molecular formula is C18H16N2O3. The van der Waals surface area contributed by atoms with Gasteiger partial charge in [-0.25, -0.2) is 4.79 Å². The van der Waals surface area contributed by atoms with Gasteiger partial charge in [-0.2, -0.15) is 5.26 Å². The summed E-state index contributed by atoms with van der Waals surface area (Å²) in [7, 11) is 0. The highest BCUT2D eigenvalue weighted by Gasteiger charge is 2.28. The van der Waals surface area contributed by atoms with Crippen molar-refractivity contribution < 1.29 is 14.6 Å². The first-order chi connectivity index (χ1) is 11.1. The summed E-state index contributed by atoms with van der Waals surface area (Å²) in [6.07, 6.45) is 2.12. The molecule has 1 saturated carbocycles. The zero-order valence-electron chi connectivity index (χ0n) is 12.7. The lowest BCUT2D eigenvalue weighted by molar-refractivity contribution is 0.0691. The fourth-order valence-electron chi connectivity index (χ4n) is 2.50. The predicted molar refractivity (Wildman–Crippen MR) is 83.4 cm³/mol. The Balaban J connectivity index is 1.86. The summed E-state index contributed by atoms with van der Waals surface area (Å²) in [5, 5.41) is 18.4. The van der Waals surface area contributed by atoms with Crippen molar-refractivity contribution in [2.24, 2.45) is 0 Å². The van der Waals surface area contributed by atoms with Crippen LogP contribution in [-0.2, 0) is 6.61 Å². The molecule has 1 heterocycles. The van der Waals surface area contributed by atoms with Crippen LogP contribution in [0.25, 0.3) is 0 Å². The highest BCUT2D eigenvalue weighted by atomic mass is 16.5. The van der Waals surface area contributed by atoms with E-state index in [1.165, 1.54) is 0 Å². The highest BCUT2D eigenvalue weighted by molar-refractivity contribution is 5.91. The third-order valence-corrected chi connectivity index (χ3v) is 3.83. The summed E-state index contributed by atoms with van der Waals surface area (Å²) in [6, 6.07) is 10.7. The monoisotopic (exact) mass is 308 g/mol. The molecule has 1 N–H and O–H groups in total. The molecule has 1 aromatic carbocycles. The van der Waals surface area contributed by atoms with Gasteiger partial charge in [0.15, 0.2) is 5.75 Å².